The van der Waals surface area contributed by atoms with E-state index in [0.29, 0.717) is 12.2 Å². The minimum atomic E-state index is -0.576. The van der Waals surface area contributed by atoms with Gasteiger partial charge in [-0.25, -0.2) is 4.98 Å². The first-order valence-electron chi connectivity index (χ1n) is 7.43. The molecule has 2 N–H and O–H groups in total. The molecule has 2 atom stereocenters. The molecular formula is C16H21N3O2S. The molecule has 0 aliphatic carbocycles. The molecule has 3 aromatic rings. The predicted molar refractivity (Wildman–Crippen MR) is 87.1 cm³/mol. The van der Waals surface area contributed by atoms with Crippen molar-refractivity contribution in [2.24, 2.45) is 0 Å². The fourth-order valence-corrected chi connectivity index (χ4v) is 3.50. The van der Waals surface area contributed by atoms with Crippen LogP contribution in [0.1, 0.15) is 41.5 Å². The smallest absolute Gasteiger partial charge is 0.194 e. The van der Waals surface area contributed by atoms with Crippen molar-refractivity contribution in [3.05, 3.63) is 46.6 Å². The van der Waals surface area contributed by atoms with Crippen molar-refractivity contribution >= 4 is 16.3 Å². The fourth-order valence-electron chi connectivity index (χ4n) is 2.61. The Morgan fingerprint density at radius 3 is 3.00 bits per heavy atom. The van der Waals surface area contributed by atoms with Gasteiger partial charge < -0.3 is 14.8 Å². The molecule has 0 saturated carbocycles. The Labute approximate surface area is 133 Å². The number of rotatable bonds is 6. The van der Waals surface area contributed by atoms with Gasteiger partial charge in [-0.3, -0.25) is 4.40 Å². The lowest BCUT2D eigenvalue weighted by Gasteiger charge is -2.16. The van der Waals surface area contributed by atoms with Crippen LogP contribution in [0.4, 0.5) is 0 Å². The number of thiazole rings is 1. The maximum absolute atomic E-state index is 10.1. The summed E-state index contributed by atoms with van der Waals surface area (Å²) in [6.45, 7) is 6.93. The molecule has 3 heterocycles. The van der Waals surface area contributed by atoms with Gasteiger partial charge in [0.25, 0.3) is 0 Å². The van der Waals surface area contributed by atoms with E-state index in [1.807, 2.05) is 6.92 Å². The molecule has 5 nitrogen and oxygen atoms in total. The average molecular weight is 319 g/mol. The van der Waals surface area contributed by atoms with Crippen molar-refractivity contribution in [3.8, 4) is 0 Å². The van der Waals surface area contributed by atoms with E-state index >= 15 is 0 Å². The first-order chi connectivity index (χ1) is 10.5. The first-order valence-corrected chi connectivity index (χ1v) is 8.25. The molecule has 2 unspecified atom stereocenters. The summed E-state index contributed by atoms with van der Waals surface area (Å²) in [6, 6.07) is 3.77. The van der Waals surface area contributed by atoms with Gasteiger partial charge in [0.05, 0.1) is 17.7 Å². The monoisotopic (exact) mass is 319 g/mol. The Morgan fingerprint density at radius 1 is 1.45 bits per heavy atom. The number of aliphatic hydroxyl groups excluding tert-OH is 1. The van der Waals surface area contributed by atoms with Crippen molar-refractivity contribution in [1.82, 2.24) is 14.7 Å². The van der Waals surface area contributed by atoms with Gasteiger partial charge >= 0.3 is 0 Å². The normalized spacial score (nSPS) is 14.5. The molecule has 0 amide bonds. The molecule has 0 aliphatic heterocycles. The number of imidazole rings is 1. The fraction of sp³-hybridized carbons (Fsp3) is 0.438. The maximum Gasteiger partial charge on any atom is 0.194 e. The minimum Gasteiger partial charge on any atom is -0.467 e. The number of nitrogens with one attached hydrogen (secondary N) is 1. The third kappa shape index (κ3) is 3.09. The number of hydrogen-bond acceptors (Lipinski definition) is 5. The molecule has 22 heavy (non-hydrogen) atoms. The van der Waals surface area contributed by atoms with E-state index in [4.69, 9.17) is 4.42 Å². The number of hydrogen-bond donors (Lipinski definition) is 2. The number of fused-ring (bicyclic) bond motifs is 1. The van der Waals surface area contributed by atoms with Gasteiger partial charge in [-0.05, 0) is 39.3 Å². The van der Waals surface area contributed by atoms with Gasteiger partial charge in [0, 0.05) is 23.7 Å². The molecule has 0 spiro atoms. The Morgan fingerprint density at radius 2 is 2.27 bits per heavy atom. The van der Waals surface area contributed by atoms with Crippen LogP contribution < -0.4 is 5.32 Å². The summed E-state index contributed by atoms with van der Waals surface area (Å²) in [5.41, 5.74) is 2.23. The Kier molecular flexibility index (Phi) is 4.33. The number of nitrogens with zero attached hydrogens (tertiary/aromatic N) is 2. The second-order valence-corrected chi connectivity index (χ2v) is 6.90. The van der Waals surface area contributed by atoms with Crippen LogP contribution in [0.2, 0.25) is 0 Å². The van der Waals surface area contributed by atoms with Crippen LogP contribution in [0, 0.1) is 13.8 Å². The highest BCUT2D eigenvalue weighted by molar-refractivity contribution is 7.17. The molecule has 0 radical (unpaired) electrons. The van der Waals surface area contributed by atoms with Crippen molar-refractivity contribution in [2.75, 3.05) is 0 Å². The van der Waals surface area contributed by atoms with Gasteiger partial charge in [0.1, 0.15) is 11.9 Å². The van der Waals surface area contributed by atoms with Crippen LogP contribution in [-0.2, 0) is 6.54 Å². The van der Waals surface area contributed by atoms with Crippen LogP contribution >= 0.6 is 11.3 Å². The third-order valence-electron chi connectivity index (χ3n) is 3.81. The van der Waals surface area contributed by atoms with Crippen molar-refractivity contribution in [2.45, 2.75) is 45.9 Å². The van der Waals surface area contributed by atoms with Crippen LogP contribution in [-0.4, -0.2) is 20.5 Å². The minimum absolute atomic E-state index is 0.171. The molecule has 0 bridgehead atoms. The SMILES string of the molecule is Cc1cn2c(CNC(C)CC(O)c3ccco3)c(C)nc2s1. The van der Waals surface area contributed by atoms with Crippen molar-refractivity contribution in [3.63, 3.8) is 0 Å². The van der Waals surface area contributed by atoms with E-state index in [0.717, 1.165) is 17.2 Å². The summed E-state index contributed by atoms with van der Waals surface area (Å²) in [5.74, 6) is 0.616. The average Bonchev–Trinajstić information content (AvgIpc) is 3.13. The standard InChI is InChI=1S/C16H21N3O2S/c1-10(7-14(20)15-5-4-6-21-15)17-8-13-12(3)18-16-19(13)9-11(2)22-16/h4-6,9-10,14,17,20H,7-8H2,1-3H3. The molecule has 118 valence electrons. The lowest BCUT2D eigenvalue weighted by molar-refractivity contribution is 0.128. The lowest BCUT2D eigenvalue weighted by atomic mass is 10.1. The molecule has 6 heteroatoms. The highest BCUT2D eigenvalue weighted by atomic mass is 32.1. The van der Waals surface area contributed by atoms with Gasteiger partial charge in [-0.15, -0.1) is 11.3 Å². The second-order valence-electron chi connectivity index (χ2n) is 5.69. The zero-order valence-corrected chi connectivity index (χ0v) is 13.9. The van der Waals surface area contributed by atoms with E-state index in [9.17, 15) is 5.11 Å². The van der Waals surface area contributed by atoms with Gasteiger partial charge in [-0.1, -0.05) is 0 Å². The Hall–Kier alpha value is -1.63. The zero-order chi connectivity index (χ0) is 15.7. The quantitative estimate of drug-likeness (QED) is 0.732. The predicted octanol–water partition coefficient (Wildman–Crippen LogP) is 3.21. The number of furan rings is 1. The number of aryl methyl sites for hydroxylation is 2. The van der Waals surface area contributed by atoms with Crippen molar-refractivity contribution < 1.29 is 9.52 Å². The van der Waals surface area contributed by atoms with Crippen LogP contribution in [0.15, 0.2) is 29.0 Å². The summed E-state index contributed by atoms with van der Waals surface area (Å²) >= 11 is 1.70. The van der Waals surface area contributed by atoms with Gasteiger partial charge in [0.15, 0.2) is 4.96 Å². The van der Waals surface area contributed by atoms with Crippen molar-refractivity contribution in [1.29, 1.82) is 0 Å². The molecule has 0 fully saturated rings. The second kappa shape index (κ2) is 6.24. The molecule has 3 aromatic heterocycles. The third-order valence-corrected chi connectivity index (χ3v) is 4.71. The van der Waals surface area contributed by atoms with E-state index in [-0.39, 0.29) is 6.04 Å². The summed E-state index contributed by atoms with van der Waals surface area (Å²) in [4.78, 5) is 6.88. The van der Waals surface area contributed by atoms with Crippen LogP contribution in [0.3, 0.4) is 0 Å². The van der Waals surface area contributed by atoms with Crippen LogP contribution in [0.5, 0.6) is 0 Å². The summed E-state index contributed by atoms with van der Waals surface area (Å²) in [5, 5.41) is 13.6. The van der Waals surface area contributed by atoms with Crippen LogP contribution in [0.25, 0.3) is 4.96 Å². The maximum atomic E-state index is 10.1. The molecule has 0 saturated heterocycles. The highest BCUT2D eigenvalue weighted by Gasteiger charge is 2.16. The topological polar surface area (TPSA) is 62.7 Å². The van der Waals surface area contributed by atoms with Gasteiger partial charge in [-0.2, -0.15) is 0 Å². The Bertz CT molecular complexity index is 745. The number of aromatic nitrogens is 2. The highest BCUT2D eigenvalue weighted by Crippen LogP contribution is 2.22. The zero-order valence-electron chi connectivity index (χ0n) is 13.0. The van der Waals surface area contributed by atoms with E-state index in [1.165, 1.54) is 10.6 Å². The summed E-state index contributed by atoms with van der Waals surface area (Å²) < 4.78 is 7.39. The molecule has 0 aliphatic rings. The Balaban J connectivity index is 1.62. The van der Waals surface area contributed by atoms with E-state index < -0.39 is 6.10 Å². The lowest BCUT2D eigenvalue weighted by Crippen LogP contribution is -2.28. The van der Waals surface area contributed by atoms with E-state index in [1.54, 1.807) is 29.7 Å². The molecule has 3 rings (SSSR count). The molecule has 0 aromatic carbocycles. The first kappa shape index (κ1) is 15.3. The van der Waals surface area contributed by atoms with Gasteiger partial charge in [0.2, 0.25) is 0 Å². The van der Waals surface area contributed by atoms with E-state index in [2.05, 4.69) is 34.7 Å². The summed E-state index contributed by atoms with van der Waals surface area (Å²) in [6.07, 6.45) is 3.74. The largest absolute Gasteiger partial charge is 0.467 e. The molecular weight excluding hydrogens is 298 g/mol. The number of aliphatic hydroxyl groups is 1. The summed E-state index contributed by atoms with van der Waals surface area (Å²) in [7, 11) is 0.